The lowest BCUT2D eigenvalue weighted by Crippen LogP contribution is -2.27. The zero-order valence-electron chi connectivity index (χ0n) is 12.1. The Kier molecular flexibility index (Phi) is 3.75. The number of nitrogens with zero attached hydrogens (tertiary/aromatic N) is 1. The van der Waals surface area contributed by atoms with Crippen LogP contribution in [0.4, 0.5) is 16.3 Å². The van der Waals surface area contributed by atoms with Crippen molar-refractivity contribution in [2.45, 2.75) is 26.4 Å². The molecular weight excluding hydrogens is 272 g/mol. The molecule has 21 heavy (non-hydrogen) atoms. The molecule has 0 bridgehead atoms. The summed E-state index contributed by atoms with van der Waals surface area (Å²) in [6.07, 6.45) is -0.640. The van der Waals surface area contributed by atoms with Gasteiger partial charge in [-0.25, -0.2) is 4.79 Å². The van der Waals surface area contributed by atoms with Gasteiger partial charge in [-0.2, -0.15) is 5.10 Å². The summed E-state index contributed by atoms with van der Waals surface area (Å²) in [5.41, 5.74) is 6.59. The Morgan fingerprint density at radius 1 is 1.38 bits per heavy atom. The Morgan fingerprint density at radius 2 is 2.10 bits per heavy atom. The summed E-state index contributed by atoms with van der Waals surface area (Å²) in [6, 6.07) is 6.41. The lowest BCUT2D eigenvalue weighted by atomic mass is 10.1. The van der Waals surface area contributed by atoms with Crippen LogP contribution in [-0.4, -0.2) is 27.0 Å². The quantitative estimate of drug-likeness (QED) is 0.635. The van der Waals surface area contributed by atoms with E-state index in [4.69, 9.17) is 10.5 Å². The van der Waals surface area contributed by atoms with Gasteiger partial charge in [-0.05, 0) is 39.0 Å². The molecule has 0 spiro atoms. The van der Waals surface area contributed by atoms with Crippen molar-refractivity contribution >= 4 is 17.6 Å². The molecule has 1 aromatic heterocycles. The van der Waals surface area contributed by atoms with Gasteiger partial charge in [-0.1, -0.05) is 0 Å². The Labute approximate surface area is 122 Å². The number of phenolic OH excluding ortho intramolecular Hbond substituents is 1. The monoisotopic (exact) mass is 290 g/mol. The molecule has 2 aromatic rings. The summed E-state index contributed by atoms with van der Waals surface area (Å²) in [5.74, 6) is 0.303. The highest BCUT2D eigenvalue weighted by Crippen LogP contribution is 2.29. The Bertz CT molecular complexity index is 658. The first kappa shape index (κ1) is 14.7. The Balaban J connectivity index is 2.22. The molecular formula is C14H18N4O3. The maximum absolute atomic E-state index is 11.7. The van der Waals surface area contributed by atoms with Gasteiger partial charge in [-0.3, -0.25) is 10.4 Å². The minimum absolute atomic E-state index is 0.0582. The molecule has 1 aromatic carbocycles. The van der Waals surface area contributed by atoms with Gasteiger partial charge in [0, 0.05) is 11.6 Å². The van der Waals surface area contributed by atoms with Crippen molar-refractivity contribution in [3.8, 4) is 17.0 Å². The lowest BCUT2D eigenvalue weighted by molar-refractivity contribution is 0.0635. The van der Waals surface area contributed by atoms with Crippen molar-refractivity contribution in [3.63, 3.8) is 0 Å². The summed E-state index contributed by atoms with van der Waals surface area (Å²) >= 11 is 0. The lowest BCUT2D eigenvalue weighted by Gasteiger charge is -2.20. The normalized spacial score (nSPS) is 11.2. The van der Waals surface area contributed by atoms with Crippen LogP contribution in [0, 0.1) is 0 Å². The van der Waals surface area contributed by atoms with Crippen LogP contribution in [0.25, 0.3) is 11.3 Å². The van der Waals surface area contributed by atoms with Crippen LogP contribution in [0.15, 0.2) is 24.3 Å². The van der Waals surface area contributed by atoms with Gasteiger partial charge in [0.05, 0.1) is 11.4 Å². The zero-order chi connectivity index (χ0) is 15.6. The van der Waals surface area contributed by atoms with Crippen LogP contribution < -0.4 is 11.1 Å². The van der Waals surface area contributed by atoms with E-state index in [1.165, 1.54) is 6.07 Å². The number of benzene rings is 1. The van der Waals surface area contributed by atoms with Crippen molar-refractivity contribution in [1.82, 2.24) is 10.2 Å². The molecule has 0 aliphatic carbocycles. The van der Waals surface area contributed by atoms with Crippen LogP contribution in [0.3, 0.4) is 0 Å². The summed E-state index contributed by atoms with van der Waals surface area (Å²) in [7, 11) is 0. The van der Waals surface area contributed by atoms with Crippen molar-refractivity contribution in [1.29, 1.82) is 0 Å². The van der Waals surface area contributed by atoms with E-state index in [9.17, 15) is 9.90 Å². The molecule has 2 rings (SSSR count). The van der Waals surface area contributed by atoms with Gasteiger partial charge >= 0.3 is 6.09 Å². The maximum atomic E-state index is 11.7. The van der Waals surface area contributed by atoms with E-state index in [0.717, 1.165) is 5.56 Å². The third-order valence-corrected chi connectivity index (χ3v) is 2.54. The molecule has 1 heterocycles. The largest absolute Gasteiger partial charge is 0.506 e. The Hall–Kier alpha value is -2.70. The molecule has 0 unspecified atom stereocenters. The second-order valence-electron chi connectivity index (χ2n) is 5.57. The van der Waals surface area contributed by atoms with Crippen LogP contribution in [0.5, 0.6) is 5.75 Å². The number of aromatic nitrogens is 2. The molecule has 0 saturated heterocycles. The smallest absolute Gasteiger partial charge is 0.412 e. The summed E-state index contributed by atoms with van der Waals surface area (Å²) in [4.78, 5) is 11.7. The molecule has 1 amide bonds. The number of hydrogen-bond acceptors (Lipinski definition) is 5. The van der Waals surface area contributed by atoms with Crippen molar-refractivity contribution < 1.29 is 14.6 Å². The van der Waals surface area contributed by atoms with E-state index in [1.807, 2.05) is 0 Å². The predicted molar refractivity (Wildman–Crippen MR) is 80.0 cm³/mol. The van der Waals surface area contributed by atoms with Crippen LogP contribution in [0.1, 0.15) is 20.8 Å². The number of nitrogen functional groups attached to an aromatic ring is 1. The van der Waals surface area contributed by atoms with E-state index >= 15 is 0 Å². The molecule has 7 heteroatoms. The van der Waals surface area contributed by atoms with Crippen LogP contribution in [-0.2, 0) is 4.74 Å². The molecule has 112 valence electrons. The third kappa shape index (κ3) is 3.88. The highest BCUT2D eigenvalue weighted by molar-refractivity contribution is 5.88. The number of H-pyrrole nitrogens is 1. The maximum Gasteiger partial charge on any atom is 0.412 e. The van der Waals surface area contributed by atoms with Gasteiger partial charge in [0.15, 0.2) is 0 Å². The number of hydrogen-bond donors (Lipinski definition) is 4. The number of nitrogens with two attached hydrogens (primary N) is 1. The highest BCUT2D eigenvalue weighted by Gasteiger charge is 2.17. The predicted octanol–water partition coefficient (Wildman–Crippen LogP) is 2.71. The Morgan fingerprint density at radius 3 is 2.67 bits per heavy atom. The molecule has 0 atom stereocenters. The molecule has 0 fully saturated rings. The van der Waals surface area contributed by atoms with Gasteiger partial charge < -0.3 is 15.6 Å². The van der Waals surface area contributed by atoms with Gasteiger partial charge in [0.1, 0.15) is 17.2 Å². The second kappa shape index (κ2) is 5.35. The highest BCUT2D eigenvalue weighted by atomic mass is 16.6. The summed E-state index contributed by atoms with van der Waals surface area (Å²) in [5, 5.41) is 18.9. The first-order valence-corrected chi connectivity index (χ1v) is 6.39. The number of ether oxygens (including phenoxy) is 1. The summed E-state index contributed by atoms with van der Waals surface area (Å²) < 4.78 is 5.15. The number of aromatic hydroxyl groups is 1. The van der Waals surface area contributed by atoms with Crippen LogP contribution in [0.2, 0.25) is 0 Å². The van der Waals surface area contributed by atoms with E-state index in [2.05, 4.69) is 15.5 Å². The fourth-order valence-corrected chi connectivity index (χ4v) is 1.70. The van der Waals surface area contributed by atoms with Crippen molar-refractivity contribution in [3.05, 3.63) is 24.3 Å². The molecule has 0 aliphatic heterocycles. The van der Waals surface area contributed by atoms with E-state index < -0.39 is 11.7 Å². The molecule has 0 saturated carbocycles. The number of aromatic amines is 1. The number of carbonyl (C=O) groups excluding carboxylic acids is 1. The van der Waals surface area contributed by atoms with Gasteiger partial charge in [-0.15, -0.1) is 0 Å². The fourth-order valence-electron chi connectivity index (χ4n) is 1.70. The van der Waals surface area contributed by atoms with Crippen molar-refractivity contribution in [2.75, 3.05) is 11.1 Å². The van der Waals surface area contributed by atoms with Crippen molar-refractivity contribution in [2.24, 2.45) is 0 Å². The molecule has 0 aliphatic rings. The number of phenols is 1. The SMILES string of the molecule is CC(C)(C)OC(=O)Nc1cc(-c2cc(N)n[nH]2)ccc1O. The topological polar surface area (TPSA) is 113 Å². The molecule has 7 nitrogen and oxygen atoms in total. The number of amides is 1. The minimum Gasteiger partial charge on any atom is -0.506 e. The van der Waals surface area contributed by atoms with Gasteiger partial charge in [0.2, 0.25) is 0 Å². The number of nitrogens with one attached hydrogen (secondary N) is 2. The van der Waals surface area contributed by atoms with Gasteiger partial charge in [0.25, 0.3) is 0 Å². The standard InChI is InChI=1S/C14H18N4O3/c1-14(2,3)21-13(20)16-10-6-8(4-5-11(10)19)9-7-12(15)18-17-9/h4-7,19H,1-3H3,(H,16,20)(H3,15,17,18). The minimum atomic E-state index is -0.640. The fraction of sp³-hybridized carbons (Fsp3) is 0.286. The summed E-state index contributed by atoms with van der Waals surface area (Å²) in [6.45, 7) is 5.28. The number of anilines is 2. The third-order valence-electron chi connectivity index (χ3n) is 2.54. The second-order valence-corrected chi connectivity index (χ2v) is 5.57. The van der Waals surface area contributed by atoms with E-state index in [1.54, 1.807) is 39.0 Å². The molecule has 5 N–H and O–H groups in total. The zero-order valence-corrected chi connectivity index (χ0v) is 12.1. The number of rotatable bonds is 2. The van der Waals surface area contributed by atoms with Crippen LogP contribution >= 0.6 is 0 Å². The molecule has 0 radical (unpaired) electrons. The average molecular weight is 290 g/mol. The number of carbonyl (C=O) groups is 1. The van der Waals surface area contributed by atoms with E-state index in [-0.39, 0.29) is 11.4 Å². The van der Waals surface area contributed by atoms with E-state index in [0.29, 0.717) is 11.5 Å². The first-order valence-electron chi connectivity index (χ1n) is 6.39. The first-order chi connectivity index (χ1) is 9.74. The average Bonchev–Trinajstić information content (AvgIpc) is 2.76.